The molecule has 0 bridgehead atoms. The van der Waals surface area contributed by atoms with E-state index in [0.717, 1.165) is 25.8 Å². The topological polar surface area (TPSA) is 66.4 Å². The van der Waals surface area contributed by atoms with Gasteiger partial charge in [0.15, 0.2) is 6.54 Å². The SMILES string of the molecule is CCCCCCCCCCCCCCCCCCCCC(=O)NCCC[N+](C)(C)CC(=O)O. The van der Waals surface area contributed by atoms with Crippen molar-refractivity contribution in [3.8, 4) is 0 Å². The number of quaternary nitrogens is 1. The second-order valence-electron chi connectivity index (χ2n) is 10.7. The van der Waals surface area contributed by atoms with Crippen LogP contribution in [-0.4, -0.2) is 55.2 Å². The second-order valence-corrected chi connectivity index (χ2v) is 10.7. The van der Waals surface area contributed by atoms with Crippen LogP contribution in [0.3, 0.4) is 0 Å². The molecule has 5 nitrogen and oxygen atoms in total. The number of aliphatic carboxylic acids is 1. The average molecular weight is 470 g/mol. The maximum Gasteiger partial charge on any atom is 0.359 e. The van der Waals surface area contributed by atoms with E-state index >= 15 is 0 Å². The van der Waals surface area contributed by atoms with E-state index in [1.54, 1.807) is 0 Å². The lowest BCUT2D eigenvalue weighted by atomic mass is 10.0. The van der Waals surface area contributed by atoms with Crippen LogP contribution in [0.5, 0.6) is 0 Å². The summed E-state index contributed by atoms with van der Waals surface area (Å²) in [5.41, 5.74) is 0. The highest BCUT2D eigenvalue weighted by Crippen LogP contribution is 2.14. The van der Waals surface area contributed by atoms with Gasteiger partial charge >= 0.3 is 5.97 Å². The highest BCUT2D eigenvalue weighted by molar-refractivity contribution is 5.75. The third kappa shape index (κ3) is 25.4. The van der Waals surface area contributed by atoms with Crippen molar-refractivity contribution in [1.29, 1.82) is 0 Å². The van der Waals surface area contributed by atoms with Gasteiger partial charge < -0.3 is 14.9 Å². The molecular weight excluding hydrogens is 412 g/mol. The van der Waals surface area contributed by atoms with Crippen molar-refractivity contribution in [1.82, 2.24) is 5.32 Å². The van der Waals surface area contributed by atoms with Crippen LogP contribution in [-0.2, 0) is 9.59 Å². The zero-order chi connectivity index (χ0) is 24.6. The van der Waals surface area contributed by atoms with E-state index < -0.39 is 5.97 Å². The minimum Gasteiger partial charge on any atom is -0.477 e. The quantitative estimate of drug-likeness (QED) is 0.111. The molecule has 5 heteroatoms. The largest absolute Gasteiger partial charge is 0.477 e. The number of unbranched alkanes of at least 4 members (excludes halogenated alkanes) is 17. The first kappa shape index (κ1) is 31.9. The van der Waals surface area contributed by atoms with Crippen molar-refractivity contribution in [2.45, 2.75) is 135 Å². The Labute approximate surface area is 205 Å². The molecule has 0 aliphatic heterocycles. The molecule has 196 valence electrons. The molecule has 0 atom stereocenters. The first-order chi connectivity index (χ1) is 15.9. The van der Waals surface area contributed by atoms with Crippen molar-refractivity contribution < 1.29 is 19.2 Å². The van der Waals surface area contributed by atoms with E-state index in [1.165, 1.54) is 103 Å². The number of amides is 1. The zero-order valence-corrected chi connectivity index (χ0v) is 22.5. The van der Waals surface area contributed by atoms with Gasteiger partial charge in [0.1, 0.15) is 0 Å². The van der Waals surface area contributed by atoms with E-state index in [9.17, 15) is 9.59 Å². The van der Waals surface area contributed by atoms with Crippen LogP contribution < -0.4 is 5.32 Å². The maximum absolute atomic E-state index is 11.9. The van der Waals surface area contributed by atoms with Gasteiger partial charge in [-0.15, -0.1) is 0 Å². The first-order valence-electron chi connectivity index (χ1n) is 14.2. The molecule has 0 fully saturated rings. The van der Waals surface area contributed by atoms with E-state index in [-0.39, 0.29) is 12.5 Å². The predicted octanol–water partition coefficient (Wildman–Crippen LogP) is 7.09. The van der Waals surface area contributed by atoms with Crippen LogP contribution in [0.2, 0.25) is 0 Å². The van der Waals surface area contributed by atoms with Crippen molar-refractivity contribution in [2.24, 2.45) is 0 Å². The molecule has 0 aromatic heterocycles. The molecule has 0 aromatic carbocycles. The van der Waals surface area contributed by atoms with Crippen LogP contribution in [0, 0.1) is 0 Å². The maximum atomic E-state index is 11.9. The van der Waals surface area contributed by atoms with Gasteiger partial charge in [-0.25, -0.2) is 4.79 Å². The van der Waals surface area contributed by atoms with Gasteiger partial charge in [0.25, 0.3) is 0 Å². The lowest BCUT2D eigenvalue weighted by Crippen LogP contribution is -2.45. The van der Waals surface area contributed by atoms with Crippen molar-refractivity contribution >= 4 is 11.9 Å². The Bertz CT molecular complexity index is 466. The molecule has 0 heterocycles. The Hall–Kier alpha value is -1.10. The smallest absolute Gasteiger partial charge is 0.359 e. The molecule has 2 N–H and O–H groups in total. The summed E-state index contributed by atoms with van der Waals surface area (Å²) in [6.45, 7) is 3.79. The fourth-order valence-electron chi connectivity index (χ4n) is 4.46. The van der Waals surface area contributed by atoms with Crippen LogP contribution in [0.1, 0.15) is 135 Å². The molecule has 0 spiro atoms. The number of carboxylic acids is 1. The van der Waals surface area contributed by atoms with Gasteiger partial charge in [-0.2, -0.15) is 0 Å². The summed E-state index contributed by atoms with van der Waals surface area (Å²) in [6.07, 6.45) is 25.8. The van der Waals surface area contributed by atoms with Gasteiger partial charge in [-0.05, 0) is 6.42 Å². The number of rotatable bonds is 25. The number of carbonyl (C=O) groups excluding carboxylic acids is 1. The molecule has 0 saturated heterocycles. The molecule has 0 aromatic rings. The van der Waals surface area contributed by atoms with Gasteiger partial charge in [-0.3, -0.25) is 4.79 Å². The van der Waals surface area contributed by atoms with Gasteiger partial charge in [0.2, 0.25) is 5.91 Å². The number of hydrogen-bond acceptors (Lipinski definition) is 2. The summed E-state index contributed by atoms with van der Waals surface area (Å²) >= 11 is 0. The Morgan fingerprint density at radius 1 is 0.636 bits per heavy atom. The Balaban J connectivity index is 3.27. The summed E-state index contributed by atoms with van der Waals surface area (Å²) in [7, 11) is 3.82. The molecule has 0 rings (SSSR count). The number of hydrogen-bond donors (Lipinski definition) is 2. The van der Waals surface area contributed by atoms with Crippen molar-refractivity contribution in [2.75, 3.05) is 33.7 Å². The van der Waals surface area contributed by atoms with E-state index in [4.69, 9.17) is 5.11 Å². The Kier molecular flexibility index (Phi) is 21.9. The summed E-state index contributed by atoms with van der Waals surface area (Å²) in [6, 6.07) is 0. The Morgan fingerprint density at radius 3 is 1.42 bits per heavy atom. The number of likely N-dealkylation sites (N-methyl/N-ethyl adjacent to an activating group) is 1. The van der Waals surface area contributed by atoms with Crippen molar-refractivity contribution in [3.63, 3.8) is 0 Å². The van der Waals surface area contributed by atoms with E-state index in [2.05, 4.69) is 12.2 Å². The zero-order valence-electron chi connectivity index (χ0n) is 22.5. The summed E-state index contributed by atoms with van der Waals surface area (Å²) in [5, 5.41) is 11.9. The molecule has 0 saturated carbocycles. The molecule has 33 heavy (non-hydrogen) atoms. The third-order valence-electron chi connectivity index (χ3n) is 6.58. The standard InChI is InChI=1S/C28H56N2O3/c1-4-5-6-7-8-9-10-11-12-13-14-15-16-17-18-19-20-21-23-27(31)29-24-22-25-30(2,3)26-28(32)33/h4-26H2,1-3H3,(H-,29,31,32,33)/p+1. The van der Waals surface area contributed by atoms with E-state index in [0.29, 0.717) is 17.4 Å². The summed E-state index contributed by atoms with van der Waals surface area (Å²) in [4.78, 5) is 22.7. The average Bonchev–Trinajstić information content (AvgIpc) is 2.75. The van der Waals surface area contributed by atoms with Gasteiger partial charge in [0, 0.05) is 19.4 Å². The highest BCUT2D eigenvalue weighted by Gasteiger charge is 2.18. The highest BCUT2D eigenvalue weighted by atomic mass is 16.4. The first-order valence-corrected chi connectivity index (χ1v) is 14.2. The third-order valence-corrected chi connectivity index (χ3v) is 6.58. The summed E-state index contributed by atoms with van der Waals surface area (Å²) in [5.74, 6) is -0.645. The van der Waals surface area contributed by atoms with Crippen LogP contribution in [0.4, 0.5) is 0 Å². The molecule has 0 aliphatic rings. The van der Waals surface area contributed by atoms with E-state index in [1.807, 2.05) is 14.1 Å². The minimum absolute atomic E-state index is 0.118. The fraction of sp³-hybridized carbons (Fsp3) is 0.929. The summed E-state index contributed by atoms with van der Waals surface area (Å²) < 4.78 is 0.449. The monoisotopic (exact) mass is 469 g/mol. The van der Waals surface area contributed by atoms with Crippen LogP contribution >= 0.6 is 0 Å². The molecule has 0 unspecified atom stereocenters. The molecule has 0 aliphatic carbocycles. The Morgan fingerprint density at radius 2 is 1.03 bits per heavy atom. The lowest BCUT2D eigenvalue weighted by molar-refractivity contribution is -0.883. The molecule has 0 radical (unpaired) electrons. The molecular formula is C28H57N2O3+. The van der Waals surface area contributed by atoms with Crippen LogP contribution in [0.15, 0.2) is 0 Å². The van der Waals surface area contributed by atoms with Gasteiger partial charge in [-0.1, -0.05) is 116 Å². The minimum atomic E-state index is -0.780. The second kappa shape index (κ2) is 22.7. The van der Waals surface area contributed by atoms with Crippen molar-refractivity contribution in [3.05, 3.63) is 0 Å². The predicted molar refractivity (Wildman–Crippen MR) is 141 cm³/mol. The van der Waals surface area contributed by atoms with Gasteiger partial charge in [0.05, 0.1) is 20.6 Å². The number of carbonyl (C=O) groups is 2. The normalized spacial score (nSPS) is 11.6. The lowest BCUT2D eigenvalue weighted by Gasteiger charge is -2.27. The number of carboxylic acid groups (broad SMARTS) is 1. The fourth-order valence-corrected chi connectivity index (χ4v) is 4.46. The number of nitrogens with one attached hydrogen (secondary N) is 1. The molecule has 1 amide bonds. The van der Waals surface area contributed by atoms with Crippen LogP contribution in [0.25, 0.3) is 0 Å². The number of nitrogens with zero attached hydrogens (tertiary/aromatic N) is 1.